The number of ketones is 2. The van der Waals surface area contributed by atoms with Crippen molar-refractivity contribution in [3.8, 4) is 11.5 Å². The molecule has 1 aromatic heterocycles. The maximum atomic E-state index is 13.9. The molecule has 2 amide bonds. The molecule has 54 heavy (non-hydrogen) atoms. The van der Waals surface area contributed by atoms with Crippen LogP contribution in [-0.4, -0.2) is 80.2 Å². The first-order chi connectivity index (χ1) is 25.4. The van der Waals surface area contributed by atoms with E-state index in [2.05, 4.69) is 10.3 Å². The fraction of sp³-hybridized carbons (Fsp3) is 0.400. The maximum absolute atomic E-state index is 13.9. The molecule has 0 fully saturated rings. The van der Waals surface area contributed by atoms with E-state index in [1.807, 2.05) is 44.2 Å². The number of hydrogen-bond acceptors (Lipinski definition) is 10. The fourth-order valence-corrected chi connectivity index (χ4v) is 8.21. The van der Waals surface area contributed by atoms with E-state index in [1.165, 1.54) is 18.1 Å². The summed E-state index contributed by atoms with van der Waals surface area (Å²) in [4.78, 5) is 94.2. The van der Waals surface area contributed by atoms with Gasteiger partial charge in [0.05, 0.1) is 18.2 Å². The fourth-order valence-electron chi connectivity index (χ4n) is 5.76. The number of nitrogens with one attached hydrogen (secondary N) is 1. The van der Waals surface area contributed by atoms with Crippen molar-refractivity contribution in [3.05, 3.63) is 84.2 Å². The standard InChI is InChI=1S/C35H44BN3O13P2/c1-23(2)18-32(38-34(42)25(19-24-10-5-4-6-11-24)20-29(41)28-13-7-8-16-37-28)36-51-30-15-14-26(21-31(30)52-36)39(3)35(43)50-17-9-12-27(40)22-33(53(44,45)46)54(47,48)49/h4-8,10-11,13-16,21,23,25,32-33H,9,12,17-20,22H2,1-3H3,(H,38,42)(H2,44,45,46)(H2,47,48,49)/t25-,32+/m1/s1. The molecule has 290 valence electrons. The number of carbonyl (C=O) groups excluding carboxylic acids is 4. The van der Waals surface area contributed by atoms with E-state index in [4.69, 9.17) is 14.0 Å². The van der Waals surface area contributed by atoms with Crippen LogP contribution in [0.5, 0.6) is 11.5 Å². The molecule has 0 saturated carbocycles. The summed E-state index contributed by atoms with van der Waals surface area (Å²) in [5.41, 5.74) is 1.53. The minimum atomic E-state index is -5.24. The predicted molar refractivity (Wildman–Crippen MR) is 198 cm³/mol. The van der Waals surface area contributed by atoms with Gasteiger partial charge in [-0.3, -0.25) is 33.4 Å². The van der Waals surface area contributed by atoms with Gasteiger partial charge in [0.15, 0.2) is 11.2 Å². The van der Waals surface area contributed by atoms with Crippen LogP contribution < -0.4 is 19.5 Å². The summed E-state index contributed by atoms with van der Waals surface area (Å²) < 4.78 is 40.3. The number of nitrogens with zero attached hydrogens (tertiary/aromatic N) is 2. The second-order valence-electron chi connectivity index (χ2n) is 13.4. The molecule has 2 atom stereocenters. The van der Waals surface area contributed by atoms with E-state index in [0.717, 1.165) is 5.56 Å². The van der Waals surface area contributed by atoms with Gasteiger partial charge >= 0.3 is 28.4 Å². The third-order valence-electron chi connectivity index (χ3n) is 8.55. The number of carbonyl (C=O) groups is 4. The number of rotatable bonds is 19. The number of ether oxygens (including phenoxy) is 1. The molecule has 0 unspecified atom stereocenters. The summed E-state index contributed by atoms with van der Waals surface area (Å²) in [5, 5.41) is 0.640. The summed E-state index contributed by atoms with van der Waals surface area (Å²) in [6.07, 6.45) is 0.0652. The quantitative estimate of drug-likeness (QED) is 0.0486. The van der Waals surface area contributed by atoms with Crippen LogP contribution in [0, 0.1) is 11.8 Å². The lowest BCUT2D eigenvalue weighted by atomic mass is 9.73. The molecular weight excluding hydrogens is 743 g/mol. The highest BCUT2D eigenvalue weighted by molar-refractivity contribution is 7.70. The van der Waals surface area contributed by atoms with Crippen molar-refractivity contribution < 1.29 is 61.9 Å². The Hall–Kier alpha value is -4.37. The summed E-state index contributed by atoms with van der Waals surface area (Å²) in [7, 11) is -9.96. The van der Waals surface area contributed by atoms with Crippen molar-refractivity contribution in [2.75, 3.05) is 18.6 Å². The smallest absolute Gasteiger partial charge is 0.522 e. The molecule has 0 saturated heterocycles. The largest absolute Gasteiger partial charge is 0.618 e. The molecule has 16 nitrogen and oxygen atoms in total. The molecule has 1 aliphatic heterocycles. The van der Waals surface area contributed by atoms with E-state index in [-0.39, 0.29) is 49.2 Å². The summed E-state index contributed by atoms with van der Waals surface area (Å²) in [6, 6.07) is 19.2. The first-order valence-corrected chi connectivity index (χ1v) is 20.6. The topological polar surface area (TPSA) is 239 Å². The molecule has 0 spiro atoms. The van der Waals surface area contributed by atoms with Crippen LogP contribution in [0.3, 0.4) is 0 Å². The van der Waals surface area contributed by atoms with Crippen LogP contribution in [0.15, 0.2) is 72.9 Å². The molecule has 5 N–H and O–H groups in total. The minimum absolute atomic E-state index is 0.0528. The van der Waals surface area contributed by atoms with E-state index >= 15 is 0 Å². The lowest BCUT2D eigenvalue weighted by Gasteiger charge is -2.24. The molecule has 0 bridgehead atoms. The molecule has 0 aliphatic carbocycles. The first kappa shape index (κ1) is 42.4. The second kappa shape index (κ2) is 18.8. The number of fused-ring (bicyclic) bond motifs is 1. The molecule has 4 rings (SSSR count). The SMILES string of the molecule is CC(C)C[C@H](NC(=O)[C@@H](CC(=O)c1ccccn1)Cc1ccccc1)B1Oc2ccc(N(C)C(=O)OCCCC(=O)CC(P(=O)(O)O)P(=O)(O)O)cc2O1. The van der Waals surface area contributed by atoms with E-state index in [9.17, 15) is 47.9 Å². The van der Waals surface area contributed by atoms with Crippen molar-refractivity contribution in [3.63, 3.8) is 0 Å². The highest BCUT2D eigenvalue weighted by atomic mass is 31.2. The molecule has 3 aromatic rings. The van der Waals surface area contributed by atoms with Gasteiger partial charge in [-0.1, -0.05) is 50.2 Å². The number of hydrogen-bond donors (Lipinski definition) is 5. The average Bonchev–Trinajstić information content (AvgIpc) is 3.55. The Bertz CT molecular complexity index is 1850. The van der Waals surface area contributed by atoms with Crippen molar-refractivity contribution in [2.24, 2.45) is 11.8 Å². The maximum Gasteiger partial charge on any atom is 0.618 e. The Morgan fingerprint density at radius 2 is 1.57 bits per heavy atom. The average molecular weight is 788 g/mol. The summed E-state index contributed by atoms with van der Waals surface area (Å²) in [5.74, 6) is -1.92. The number of pyridine rings is 1. The summed E-state index contributed by atoms with van der Waals surface area (Å²) in [6.45, 7) is 3.72. The number of Topliss-reactive ketones (excluding diaryl/α,β-unsaturated/α-hetero) is 2. The van der Waals surface area contributed by atoms with Gasteiger partial charge in [0.25, 0.3) is 0 Å². The zero-order valence-corrected chi connectivity index (χ0v) is 31.8. The molecule has 19 heteroatoms. The van der Waals surface area contributed by atoms with Crippen molar-refractivity contribution in [1.29, 1.82) is 0 Å². The van der Waals surface area contributed by atoms with Crippen LogP contribution in [-0.2, 0) is 29.9 Å². The van der Waals surface area contributed by atoms with Crippen molar-refractivity contribution in [1.82, 2.24) is 10.3 Å². The van der Waals surface area contributed by atoms with E-state index < -0.39 is 57.9 Å². The predicted octanol–water partition coefficient (Wildman–Crippen LogP) is 4.54. The molecule has 2 heterocycles. The molecular formula is C35H44BN3O13P2. The van der Waals surface area contributed by atoms with Gasteiger partial charge in [0, 0.05) is 44.5 Å². The third-order valence-corrected chi connectivity index (χ3v) is 12.3. The highest BCUT2D eigenvalue weighted by Gasteiger charge is 2.45. The van der Waals surface area contributed by atoms with Gasteiger partial charge < -0.3 is 38.9 Å². The monoisotopic (exact) mass is 787 g/mol. The van der Waals surface area contributed by atoms with Gasteiger partial charge in [0.2, 0.25) is 5.91 Å². The summed E-state index contributed by atoms with van der Waals surface area (Å²) >= 11 is 0. The van der Waals surface area contributed by atoms with Crippen molar-refractivity contribution >= 4 is 51.6 Å². The van der Waals surface area contributed by atoms with Crippen LogP contribution in [0.2, 0.25) is 0 Å². The molecule has 2 aromatic carbocycles. The van der Waals surface area contributed by atoms with Gasteiger partial charge in [0.1, 0.15) is 23.0 Å². The second-order valence-corrected chi connectivity index (χ2v) is 17.4. The third kappa shape index (κ3) is 12.3. The van der Waals surface area contributed by atoms with Gasteiger partial charge in [-0.05, 0) is 55.0 Å². The number of amides is 2. The van der Waals surface area contributed by atoms with E-state index in [1.54, 1.807) is 36.4 Å². The zero-order chi connectivity index (χ0) is 39.6. The van der Waals surface area contributed by atoms with Crippen molar-refractivity contribution in [2.45, 2.75) is 63.7 Å². The van der Waals surface area contributed by atoms with Gasteiger partial charge in [-0.2, -0.15) is 0 Å². The zero-order valence-electron chi connectivity index (χ0n) is 30.0. The highest BCUT2D eigenvalue weighted by Crippen LogP contribution is 2.61. The van der Waals surface area contributed by atoms with Crippen LogP contribution in [0.25, 0.3) is 0 Å². The number of aromatic nitrogens is 1. The lowest BCUT2D eigenvalue weighted by Crippen LogP contribution is -2.53. The van der Waals surface area contributed by atoms with Crippen LogP contribution in [0.4, 0.5) is 10.5 Å². The van der Waals surface area contributed by atoms with Crippen LogP contribution in [0.1, 0.15) is 62.0 Å². The first-order valence-electron chi connectivity index (χ1n) is 17.2. The van der Waals surface area contributed by atoms with Gasteiger partial charge in [-0.15, -0.1) is 0 Å². The Morgan fingerprint density at radius 3 is 2.20 bits per heavy atom. The molecule has 1 aliphatic rings. The number of benzene rings is 2. The normalized spacial score (nSPS) is 13.8. The number of anilines is 1. The Balaban J connectivity index is 1.37. The van der Waals surface area contributed by atoms with E-state index in [0.29, 0.717) is 30.0 Å². The lowest BCUT2D eigenvalue weighted by molar-refractivity contribution is -0.125. The van der Waals surface area contributed by atoms with Gasteiger partial charge in [-0.25, -0.2) is 4.79 Å². The van der Waals surface area contributed by atoms with Crippen LogP contribution >= 0.6 is 15.2 Å². The Labute approximate surface area is 313 Å². The molecule has 0 radical (unpaired) electrons. The minimum Gasteiger partial charge on any atom is -0.522 e. The Morgan fingerprint density at radius 1 is 0.907 bits per heavy atom. The Kier molecular flexibility index (Phi) is 14.7.